The van der Waals surface area contributed by atoms with Gasteiger partial charge < -0.3 is 20.0 Å². The van der Waals surface area contributed by atoms with Crippen LogP contribution in [0.15, 0.2) is 12.3 Å². The quantitative estimate of drug-likeness (QED) is 0.686. The van der Waals surface area contributed by atoms with Crippen molar-refractivity contribution >= 4 is 11.8 Å². The molecular formula is C12H22N4O2. The van der Waals surface area contributed by atoms with Crippen LogP contribution in [-0.2, 0) is 0 Å². The molecule has 0 saturated carbocycles. The zero-order chi connectivity index (χ0) is 13.4. The Morgan fingerprint density at radius 2 is 1.67 bits per heavy atom. The second-order valence-electron chi connectivity index (χ2n) is 3.82. The van der Waals surface area contributed by atoms with E-state index >= 15 is 0 Å². The van der Waals surface area contributed by atoms with Crippen LogP contribution in [-0.4, -0.2) is 59.6 Å². The fraction of sp³-hybridized carbons (Fsp3) is 0.667. The van der Waals surface area contributed by atoms with Gasteiger partial charge in [0.2, 0.25) is 5.95 Å². The first-order chi connectivity index (χ1) is 8.76. The molecule has 2 N–H and O–H groups in total. The van der Waals surface area contributed by atoms with Crippen molar-refractivity contribution in [1.29, 1.82) is 0 Å². The SMILES string of the molecule is CCN(CCO)c1ccnc(N(CC)CCO)n1. The van der Waals surface area contributed by atoms with Crippen LogP contribution in [0.1, 0.15) is 13.8 Å². The highest BCUT2D eigenvalue weighted by molar-refractivity contribution is 5.43. The molecule has 0 saturated heterocycles. The van der Waals surface area contributed by atoms with E-state index < -0.39 is 0 Å². The van der Waals surface area contributed by atoms with Crippen molar-refractivity contribution in [1.82, 2.24) is 9.97 Å². The van der Waals surface area contributed by atoms with Crippen LogP contribution in [0.3, 0.4) is 0 Å². The fourth-order valence-electron chi connectivity index (χ4n) is 1.74. The molecule has 0 aliphatic heterocycles. The molecule has 0 aromatic carbocycles. The molecule has 0 atom stereocenters. The third-order valence-electron chi connectivity index (χ3n) is 2.74. The number of likely N-dealkylation sites (N-methyl/N-ethyl adjacent to an activating group) is 2. The lowest BCUT2D eigenvalue weighted by Crippen LogP contribution is -2.30. The van der Waals surface area contributed by atoms with E-state index in [0.717, 1.165) is 18.9 Å². The van der Waals surface area contributed by atoms with E-state index in [-0.39, 0.29) is 13.2 Å². The second kappa shape index (κ2) is 7.84. The predicted molar refractivity (Wildman–Crippen MR) is 72.0 cm³/mol. The third-order valence-corrected chi connectivity index (χ3v) is 2.74. The number of nitrogens with zero attached hydrogens (tertiary/aromatic N) is 4. The number of aromatic nitrogens is 2. The number of rotatable bonds is 8. The molecule has 0 unspecified atom stereocenters. The lowest BCUT2D eigenvalue weighted by atomic mass is 10.4. The molecule has 102 valence electrons. The molecule has 0 aliphatic rings. The molecule has 0 fully saturated rings. The Bertz CT molecular complexity index is 319. The highest BCUT2D eigenvalue weighted by Crippen LogP contribution is 2.14. The normalized spacial score (nSPS) is 10.4. The zero-order valence-corrected chi connectivity index (χ0v) is 11.1. The standard InChI is InChI=1S/C12H22N4O2/c1-3-15(7-9-17)11-5-6-13-12(14-11)16(4-2)8-10-18/h5-6,17-18H,3-4,7-10H2,1-2H3. The summed E-state index contributed by atoms with van der Waals surface area (Å²) in [5.41, 5.74) is 0. The summed E-state index contributed by atoms with van der Waals surface area (Å²) < 4.78 is 0. The van der Waals surface area contributed by atoms with Gasteiger partial charge in [0.25, 0.3) is 0 Å². The van der Waals surface area contributed by atoms with Crippen LogP contribution < -0.4 is 9.80 Å². The topological polar surface area (TPSA) is 72.7 Å². The van der Waals surface area contributed by atoms with E-state index in [4.69, 9.17) is 10.2 Å². The Labute approximate surface area is 108 Å². The van der Waals surface area contributed by atoms with E-state index in [0.29, 0.717) is 19.0 Å². The van der Waals surface area contributed by atoms with Crippen molar-refractivity contribution < 1.29 is 10.2 Å². The lowest BCUT2D eigenvalue weighted by molar-refractivity contribution is 0.301. The maximum Gasteiger partial charge on any atom is 0.227 e. The van der Waals surface area contributed by atoms with Gasteiger partial charge in [-0.25, -0.2) is 4.98 Å². The Hall–Kier alpha value is -1.40. The van der Waals surface area contributed by atoms with Crippen molar-refractivity contribution in [3.63, 3.8) is 0 Å². The maximum atomic E-state index is 9.01. The Balaban J connectivity index is 2.89. The molecule has 0 spiro atoms. The molecule has 0 aliphatic carbocycles. The van der Waals surface area contributed by atoms with E-state index in [2.05, 4.69) is 9.97 Å². The van der Waals surface area contributed by atoms with E-state index in [9.17, 15) is 0 Å². The summed E-state index contributed by atoms with van der Waals surface area (Å²) in [6.45, 7) is 6.79. The largest absolute Gasteiger partial charge is 0.395 e. The van der Waals surface area contributed by atoms with Crippen molar-refractivity contribution in [2.45, 2.75) is 13.8 Å². The summed E-state index contributed by atoms with van der Waals surface area (Å²) >= 11 is 0. The maximum absolute atomic E-state index is 9.01. The summed E-state index contributed by atoms with van der Waals surface area (Å²) in [6, 6.07) is 1.83. The van der Waals surface area contributed by atoms with E-state index in [1.165, 1.54) is 0 Å². The van der Waals surface area contributed by atoms with Crippen LogP contribution in [0.4, 0.5) is 11.8 Å². The summed E-state index contributed by atoms with van der Waals surface area (Å²) in [5.74, 6) is 1.41. The first kappa shape index (κ1) is 14.7. The summed E-state index contributed by atoms with van der Waals surface area (Å²) in [5, 5.41) is 18.0. The van der Waals surface area contributed by atoms with Gasteiger partial charge in [0.1, 0.15) is 5.82 Å². The minimum Gasteiger partial charge on any atom is -0.395 e. The number of hydrogen-bond acceptors (Lipinski definition) is 6. The van der Waals surface area contributed by atoms with Gasteiger partial charge in [-0.05, 0) is 19.9 Å². The van der Waals surface area contributed by atoms with E-state index in [1.54, 1.807) is 6.20 Å². The predicted octanol–water partition coefficient (Wildman–Crippen LogP) is 0.114. The van der Waals surface area contributed by atoms with Crippen LogP contribution in [0.25, 0.3) is 0 Å². The minimum absolute atomic E-state index is 0.0789. The smallest absolute Gasteiger partial charge is 0.227 e. The van der Waals surface area contributed by atoms with Crippen LogP contribution in [0, 0.1) is 0 Å². The molecule has 6 nitrogen and oxygen atoms in total. The lowest BCUT2D eigenvalue weighted by Gasteiger charge is -2.24. The Morgan fingerprint density at radius 3 is 2.22 bits per heavy atom. The summed E-state index contributed by atoms with van der Waals surface area (Å²) in [6.07, 6.45) is 1.71. The van der Waals surface area contributed by atoms with Crippen LogP contribution in [0.5, 0.6) is 0 Å². The fourth-order valence-corrected chi connectivity index (χ4v) is 1.74. The van der Waals surface area contributed by atoms with Crippen molar-refractivity contribution in [3.05, 3.63) is 12.3 Å². The molecule has 0 radical (unpaired) electrons. The molecular weight excluding hydrogens is 232 g/mol. The monoisotopic (exact) mass is 254 g/mol. The first-order valence-corrected chi connectivity index (χ1v) is 6.31. The van der Waals surface area contributed by atoms with Crippen LogP contribution in [0.2, 0.25) is 0 Å². The van der Waals surface area contributed by atoms with Gasteiger partial charge in [-0.15, -0.1) is 0 Å². The number of aliphatic hydroxyl groups excluding tert-OH is 2. The molecule has 6 heteroatoms. The van der Waals surface area contributed by atoms with Crippen molar-refractivity contribution in [2.75, 3.05) is 49.2 Å². The van der Waals surface area contributed by atoms with Gasteiger partial charge in [-0.1, -0.05) is 0 Å². The van der Waals surface area contributed by atoms with E-state index in [1.807, 2.05) is 29.7 Å². The average molecular weight is 254 g/mol. The molecule has 18 heavy (non-hydrogen) atoms. The number of anilines is 2. The molecule has 1 aromatic rings. The molecule has 1 heterocycles. The van der Waals surface area contributed by atoms with Gasteiger partial charge >= 0.3 is 0 Å². The van der Waals surface area contributed by atoms with Crippen molar-refractivity contribution in [3.8, 4) is 0 Å². The van der Waals surface area contributed by atoms with Crippen LogP contribution >= 0.6 is 0 Å². The van der Waals surface area contributed by atoms with Gasteiger partial charge in [0, 0.05) is 32.4 Å². The molecule has 0 amide bonds. The Kier molecular flexibility index (Phi) is 6.38. The number of aliphatic hydroxyl groups is 2. The van der Waals surface area contributed by atoms with Gasteiger partial charge in [0.15, 0.2) is 0 Å². The summed E-state index contributed by atoms with van der Waals surface area (Å²) in [4.78, 5) is 12.6. The minimum atomic E-state index is 0.0789. The average Bonchev–Trinajstić information content (AvgIpc) is 2.42. The first-order valence-electron chi connectivity index (χ1n) is 6.31. The van der Waals surface area contributed by atoms with Gasteiger partial charge in [-0.2, -0.15) is 4.98 Å². The highest BCUT2D eigenvalue weighted by Gasteiger charge is 2.10. The molecule has 0 bridgehead atoms. The molecule has 1 rings (SSSR count). The zero-order valence-electron chi connectivity index (χ0n) is 11.1. The number of hydrogen-bond donors (Lipinski definition) is 2. The second-order valence-corrected chi connectivity index (χ2v) is 3.82. The highest BCUT2D eigenvalue weighted by atomic mass is 16.3. The van der Waals surface area contributed by atoms with Gasteiger partial charge in [0.05, 0.1) is 13.2 Å². The van der Waals surface area contributed by atoms with Gasteiger partial charge in [-0.3, -0.25) is 0 Å². The van der Waals surface area contributed by atoms with Crippen molar-refractivity contribution in [2.24, 2.45) is 0 Å². The third kappa shape index (κ3) is 3.82. The Morgan fingerprint density at radius 1 is 1.06 bits per heavy atom. The summed E-state index contributed by atoms with van der Waals surface area (Å²) in [7, 11) is 0. The molecule has 1 aromatic heterocycles.